The fraction of sp³-hybridized carbons (Fsp3) is 0.926. The van der Waals surface area contributed by atoms with Gasteiger partial charge in [-0.25, -0.2) is 0 Å². The molecule has 0 aliphatic heterocycles. The lowest BCUT2D eigenvalue weighted by atomic mass is 9.73. The van der Waals surface area contributed by atoms with E-state index in [9.17, 15) is 24.0 Å². The Labute approximate surface area is 507 Å². The highest BCUT2D eigenvalue weighted by atomic mass is 16.2. The summed E-state index contributed by atoms with van der Waals surface area (Å²) in [5.74, 6) is 0.108. The van der Waals surface area contributed by atoms with Crippen LogP contribution in [0.15, 0.2) is 0 Å². The number of hydrogen-bond donors (Lipinski definition) is 6. The van der Waals surface area contributed by atoms with Crippen LogP contribution in [0.5, 0.6) is 0 Å². The molecule has 0 saturated carbocycles. The van der Waals surface area contributed by atoms with Gasteiger partial charge in [0.1, 0.15) is 0 Å². The van der Waals surface area contributed by atoms with Crippen molar-refractivity contribution in [3.8, 4) is 0 Å². The number of carbonyl (C=O) groups is 5. The first-order valence-corrected chi connectivity index (χ1v) is 32.3. The average Bonchev–Trinajstić information content (AvgIpc) is 3.29. The SMILES string of the molecule is CCC(C)(CNC(=O)CCN(CCNCCN(CCC(=O)NCC(C)(C)CC(C)(C)C)CCN(CCC(=O)NCC(C)(C)CC(C)(C)C)CCC(=O)NCC(C)(C)CC(C)(C)C)CCC(=O)NCC(C)(CC)CC(C)(C)C)CC(C)(C)C. The number of rotatable bonds is 41. The zero-order valence-electron chi connectivity index (χ0n) is 58.7. The van der Waals surface area contributed by atoms with Crippen LogP contribution in [0.4, 0.5) is 0 Å². The molecule has 2 unspecified atom stereocenters. The van der Waals surface area contributed by atoms with Crippen molar-refractivity contribution in [1.29, 1.82) is 0 Å². The molecule has 0 rings (SSSR count). The molecule has 14 heteroatoms. The maximum Gasteiger partial charge on any atom is 0.221 e. The molecular weight excluding hydrogens is 1020 g/mol. The fourth-order valence-electron chi connectivity index (χ4n) is 12.9. The van der Waals surface area contributed by atoms with E-state index in [1.54, 1.807) is 0 Å². The monoisotopic (exact) mass is 1160 g/mol. The summed E-state index contributed by atoms with van der Waals surface area (Å²) in [4.78, 5) is 74.1. The summed E-state index contributed by atoms with van der Waals surface area (Å²) >= 11 is 0. The van der Waals surface area contributed by atoms with Crippen LogP contribution < -0.4 is 31.9 Å². The van der Waals surface area contributed by atoms with Crippen LogP contribution in [0, 0.1) is 54.1 Å². The Hall–Kier alpha value is -2.81. The summed E-state index contributed by atoms with van der Waals surface area (Å²) in [6.45, 7) is 65.5. The van der Waals surface area contributed by atoms with E-state index >= 15 is 0 Å². The molecular formula is C68H137N9O5. The number of hydrogen-bond acceptors (Lipinski definition) is 9. The predicted molar refractivity (Wildman–Crippen MR) is 349 cm³/mol. The molecule has 0 radical (unpaired) electrons. The van der Waals surface area contributed by atoms with Gasteiger partial charge in [0, 0.05) is 137 Å². The van der Waals surface area contributed by atoms with Crippen LogP contribution in [-0.2, 0) is 24.0 Å². The normalized spacial score (nSPS) is 14.9. The molecule has 0 aromatic rings. The third-order valence-corrected chi connectivity index (χ3v) is 15.6. The maximum absolute atomic E-state index is 13.5. The largest absolute Gasteiger partial charge is 0.356 e. The Morgan fingerprint density at radius 3 is 0.707 bits per heavy atom. The Balaban J connectivity index is 6.44. The molecule has 0 spiro atoms. The highest BCUT2D eigenvalue weighted by molar-refractivity contribution is 5.78. The van der Waals surface area contributed by atoms with Crippen molar-refractivity contribution < 1.29 is 24.0 Å². The predicted octanol–water partition coefficient (Wildman–Crippen LogP) is 12.1. The van der Waals surface area contributed by atoms with Gasteiger partial charge in [-0.1, -0.05) is 173 Å². The maximum atomic E-state index is 13.5. The molecule has 14 nitrogen and oxygen atoms in total. The molecule has 82 heavy (non-hydrogen) atoms. The lowest BCUT2D eigenvalue weighted by Crippen LogP contribution is -2.44. The van der Waals surface area contributed by atoms with Gasteiger partial charge < -0.3 is 46.6 Å². The van der Waals surface area contributed by atoms with E-state index in [1.807, 2.05) is 0 Å². The van der Waals surface area contributed by atoms with E-state index in [-0.39, 0.29) is 83.7 Å². The van der Waals surface area contributed by atoms with Gasteiger partial charge in [0.15, 0.2) is 0 Å². The van der Waals surface area contributed by atoms with Gasteiger partial charge in [0.2, 0.25) is 29.5 Å². The smallest absolute Gasteiger partial charge is 0.221 e. The van der Waals surface area contributed by atoms with E-state index in [1.165, 1.54) is 0 Å². The van der Waals surface area contributed by atoms with Crippen LogP contribution in [-0.4, -0.2) is 149 Å². The summed E-state index contributed by atoms with van der Waals surface area (Å²) in [5.41, 5.74) is 0.607. The minimum absolute atomic E-state index is 0.00800. The molecule has 5 amide bonds. The van der Waals surface area contributed by atoms with Crippen molar-refractivity contribution in [2.45, 2.75) is 250 Å². The van der Waals surface area contributed by atoms with Crippen LogP contribution in [0.3, 0.4) is 0 Å². The number of amides is 5. The molecule has 2 atom stereocenters. The van der Waals surface area contributed by atoms with Gasteiger partial charge in [0.25, 0.3) is 0 Å². The highest BCUT2D eigenvalue weighted by Crippen LogP contribution is 2.38. The number of nitrogens with zero attached hydrogens (tertiary/aromatic N) is 3. The van der Waals surface area contributed by atoms with E-state index in [0.29, 0.717) is 137 Å². The van der Waals surface area contributed by atoms with Gasteiger partial charge in [0.05, 0.1) is 0 Å². The van der Waals surface area contributed by atoms with Crippen molar-refractivity contribution in [2.75, 3.05) is 105 Å². The summed E-state index contributed by atoms with van der Waals surface area (Å²) in [6.07, 6.45) is 8.64. The Bertz CT molecular complexity index is 1770. The summed E-state index contributed by atoms with van der Waals surface area (Å²) in [6, 6.07) is 0. The minimum Gasteiger partial charge on any atom is -0.356 e. The molecule has 0 aliphatic rings. The topological polar surface area (TPSA) is 167 Å². The van der Waals surface area contributed by atoms with Crippen molar-refractivity contribution in [2.24, 2.45) is 54.1 Å². The quantitative estimate of drug-likeness (QED) is 0.0327. The first-order valence-electron chi connectivity index (χ1n) is 32.3. The van der Waals surface area contributed by atoms with E-state index in [4.69, 9.17) is 0 Å². The zero-order valence-corrected chi connectivity index (χ0v) is 58.7. The standard InChI is InChI=1S/C68H137N9O5/c1-26-67(24,47-62(12,13)14)52-73-57(81)28-35-75(36-29-58(82)74-53-68(25,27-2)48-63(15,16)17)40-33-69-34-41-77(39-32-56(80)72-51-66(22,23)46-61(9,10)11)43-42-76(37-30-54(78)70-49-64(18,19)44-59(3,4)5)38-31-55(79)71-50-65(20,21)45-60(6,7)8/h69H,26-53H2,1-25H3,(H,70,78)(H,71,79)(H,72,80)(H,73,81)(H,74,82). The third kappa shape index (κ3) is 43.8. The summed E-state index contributed by atoms with van der Waals surface area (Å²) in [7, 11) is 0. The zero-order chi connectivity index (χ0) is 63.7. The highest BCUT2D eigenvalue weighted by Gasteiger charge is 2.32. The first-order chi connectivity index (χ1) is 37.1. The van der Waals surface area contributed by atoms with Crippen LogP contribution in [0.25, 0.3) is 0 Å². The van der Waals surface area contributed by atoms with Gasteiger partial charge in [-0.15, -0.1) is 0 Å². The molecule has 6 N–H and O–H groups in total. The van der Waals surface area contributed by atoms with Gasteiger partial charge >= 0.3 is 0 Å². The van der Waals surface area contributed by atoms with Crippen LogP contribution in [0.1, 0.15) is 250 Å². The van der Waals surface area contributed by atoms with Gasteiger partial charge in [-0.3, -0.25) is 24.0 Å². The van der Waals surface area contributed by atoms with E-state index in [0.717, 1.165) is 44.9 Å². The molecule has 484 valence electrons. The minimum atomic E-state index is -0.0489. The van der Waals surface area contributed by atoms with Crippen molar-refractivity contribution in [3.63, 3.8) is 0 Å². The average molecular weight is 1160 g/mol. The Kier molecular flexibility index (Phi) is 33.9. The molecule has 0 aromatic heterocycles. The fourth-order valence-corrected chi connectivity index (χ4v) is 12.9. The van der Waals surface area contributed by atoms with Crippen LogP contribution >= 0.6 is 0 Å². The van der Waals surface area contributed by atoms with Crippen molar-refractivity contribution >= 4 is 29.5 Å². The lowest BCUT2D eigenvalue weighted by Gasteiger charge is -2.35. The second-order valence-electron chi connectivity index (χ2n) is 34.4. The second-order valence-corrected chi connectivity index (χ2v) is 34.4. The van der Waals surface area contributed by atoms with Gasteiger partial charge in [-0.2, -0.15) is 0 Å². The molecule has 0 saturated heterocycles. The molecule has 0 heterocycles. The molecule has 0 bridgehead atoms. The molecule has 0 aliphatic carbocycles. The lowest BCUT2D eigenvalue weighted by molar-refractivity contribution is -0.123. The Morgan fingerprint density at radius 1 is 0.280 bits per heavy atom. The summed E-state index contributed by atoms with van der Waals surface area (Å²) in [5, 5.41) is 19.9. The summed E-state index contributed by atoms with van der Waals surface area (Å²) < 4.78 is 0. The van der Waals surface area contributed by atoms with Gasteiger partial charge in [-0.05, 0) is 99.1 Å². The molecule has 0 fully saturated rings. The first kappa shape index (κ1) is 79.2. The number of carbonyl (C=O) groups excluding carboxylic acids is 5. The number of nitrogens with one attached hydrogen (secondary N) is 6. The second kappa shape index (κ2) is 35.1. The van der Waals surface area contributed by atoms with E-state index < -0.39 is 0 Å². The Morgan fingerprint density at radius 2 is 0.488 bits per heavy atom. The van der Waals surface area contributed by atoms with Crippen LogP contribution in [0.2, 0.25) is 0 Å². The van der Waals surface area contributed by atoms with Crippen molar-refractivity contribution in [1.82, 2.24) is 46.6 Å². The third-order valence-electron chi connectivity index (χ3n) is 15.6. The van der Waals surface area contributed by atoms with Crippen molar-refractivity contribution in [3.05, 3.63) is 0 Å². The molecule has 0 aromatic carbocycles. The van der Waals surface area contributed by atoms with E-state index in [2.05, 4.69) is 220 Å².